The lowest BCUT2D eigenvalue weighted by Gasteiger charge is -2.40. The van der Waals surface area contributed by atoms with Crippen molar-refractivity contribution in [2.45, 2.75) is 77.7 Å². The molecule has 1 N–H and O–H groups in total. The second-order valence-corrected chi connectivity index (χ2v) is 12.7. The zero-order valence-electron chi connectivity index (χ0n) is 16.0. The Morgan fingerprint density at radius 1 is 1.21 bits per heavy atom. The van der Waals surface area contributed by atoms with Gasteiger partial charge in [0.15, 0.2) is 14.1 Å². The molecule has 0 radical (unpaired) electrons. The first-order valence-corrected chi connectivity index (χ1v) is 11.4. The molecule has 0 saturated heterocycles. The van der Waals surface area contributed by atoms with Crippen molar-refractivity contribution in [1.82, 2.24) is 0 Å². The first-order valence-electron chi connectivity index (χ1n) is 8.47. The molecule has 0 aliphatic rings. The fourth-order valence-electron chi connectivity index (χ4n) is 2.03. The second kappa shape index (κ2) is 8.38. The molecule has 1 aromatic rings. The van der Waals surface area contributed by atoms with E-state index in [9.17, 15) is 9.90 Å². The van der Waals surface area contributed by atoms with Crippen molar-refractivity contribution in [1.29, 1.82) is 0 Å². The largest absolute Gasteiger partial charge is 0.404 e. The highest BCUT2D eigenvalue weighted by atomic mass is 28.4. The van der Waals surface area contributed by atoms with Gasteiger partial charge in [-0.05, 0) is 37.5 Å². The van der Waals surface area contributed by atoms with E-state index in [4.69, 9.17) is 9.16 Å². The Bertz CT molecular complexity index is 522. The van der Waals surface area contributed by atoms with Crippen molar-refractivity contribution >= 4 is 14.1 Å². The Morgan fingerprint density at radius 3 is 2.21 bits per heavy atom. The van der Waals surface area contributed by atoms with Crippen molar-refractivity contribution < 1.29 is 19.1 Å². The number of aliphatic hydroxyl groups is 1. The summed E-state index contributed by atoms with van der Waals surface area (Å²) in [6, 6.07) is 9.76. The standard InChI is InChI=1S/C19H32O4Si/c1-14(20)18(23-24(6,7)19(3,4)5)17(21)15(2)22-13-16-11-9-8-10-12-16/h8-12,15,17-18,21H,13H2,1-7H3/t15-,17-,18-/m0/s1. The van der Waals surface area contributed by atoms with E-state index in [1.54, 1.807) is 6.92 Å². The van der Waals surface area contributed by atoms with Gasteiger partial charge in [0.1, 0.15) is 12.2 Å². The molecule has 5 heteroatoms. The average Bonchev–Trinajstić information content (AvgIpc) is 2.49. The summed E-state index contributed by atoms with van der Waals surface area (Å²) in [6.45, 7) is 14.1. The number of ketones is 1. The summed E-state index contributed by atoms with van der Waals surface area (Å²) in [5.74, 6) is -0.164. The fraction of sp³-hybridized carbons (Fsp3) is 0.632. The molecule has 0 bridgehead atoms. The molecule has 0 saturated carbocycles. The molecule has 0 amide bonds. The van der Waals surface area contributed by atoms with Gasteiger partial charge in [-0.1, -0.05) is 51.1 Å². The number of Topliss-reactive ketones (excluding diaryl/α,β-unsaturated/α-hetero) is 1. The van der Waals surface area contributed by atoms with Crippen LogP contribution in [0.25, 0.3) is 0 Å². The maximum absolute atomic E-state index is 12.1. The quantitative estimate of drug-likeness (QED) is 0.720. The summed E-state index contributed by atoms with van der Waals surface area (Å²) in [5.41, 5.74) is 1.03. The summed E-state index contributed by atoms with van der Waals surface area (Å²) in [6.07, 6.45) is -2.33. The summed E-state index contributed by atoms with van der Waals surface area (Å²) in [4.78, 5) is 12.1. The minimum Gasteiger partial charge on any atom is -0.404 e. The molecule has 1 rings (SSSR count). The zero-order chi connectivity index (χ0) is 18.5. The van der Waals surface area contributed by atoms with Gasteiger partial charge < -0.3 is 14.3 Å². The molecule has 0 heterocycles. The van der Waals surface area contributed by atoms with Crippen LogP contribution in [0.3, 0.4) is 0 Å². The van der Waals surface area contributed by atoms with Crippen LogP contribution in [0.1, 0.15) is 40.2 Å². The highest BCUT2D eigenvalue weighted by molar-refractivity contribution is 6.74. The van der Waals surface area contributed by atoms with E-state index in [1.165, 1.54) is 6.92 Å². The van der Waals surface area contributed by atoms with Crippen LogP contribution in [-0.4, -0.2) is 37.5 Å². The van der Waals surface area contributed by atoms with Gasteiger partial charge in [0.05, 0.1) is 12.7 Å². The molecule has 0 aromatic heterocycles. The molecule has 136 valence electrons. The lowest BCUT2D eigenvalue weighted by atomic mass is 10.1. The molecule has 3 atom stereocenters. The van der Waals surface area contributed by atoms with Gasteiger partial charge in [-0.15, -0.1) is 0 Å². The van der Waals surface area contributed by atoms with Crippen LogP contribution in [0, 0.1) is 0 Å². The Hall–Kier alpha value is -1.01. The predicted octanol–water partition coefficient (Wildman–Crippen LogP) is 3.93. The zero-order valence-corrected chi connectivity index (χ0v) is 17.0. The van der Waals surface area contributed by atoms with E-state index in [2.05, 4.69) is 33.9 Å². The van der Waals surface area contributed by atoms with E-state index in [0.717, 1.165) is 5.56 Å². The molecule has 0 spiro atoms. The topological polar surface area (TPSA) is 55.8 Å². The molecule has 0 aliphatic heterocycles. The third-order valence-electron chi connectivity index (χ3n) is 4.78. The number of aliphatic hydroxyl groups excluding tert-OH is 1. The van der Waals surface area contributed by atoms with Crippen LogP contribution < -0.4 is 0 Å². The third-order valence-corrected chi connectivity index (χ3v) is 9.23. The van der Waals surface area contributed by atoms with Crippen molar-refractivity contribution in [2.24, 2.45) is 0 Å². The molecule has 0 aliphatic carbocycles. The van der Waals surface area contributed by atoms with Gasteiger partial charge >= 0.3 is 0 Å². The second-order valence-electron chi connectivity index (χ2n) is 7.90. The Morgan fingerprint density at radius 2 is 1.75 bits per heavy atom. The first-order chi connectivity index (χ1) is 11.0. The van der Waals surface area contributed by atoms with Gasteiger partial charge in [0, 0.05) is 0 Å². The minimum absolute atomic E-state index is 0.0332. The van der Waals surface area contributed by atoms with Crippen LogP contribution in [0.2, 0.25) is 18.1 Å². The highest BCUT2D eigenvalue weighted by Crippen LogP contribution is 2.38. The number of carbonyl (C=O) groups is 1. The van der Waals surface area contributed by atoms with E-state index in [-0.39, 0.29) is 10.8 Å². The fourth-order valence-corrected chi connectivity index (χ4v) is 3.33. The SMILES string of the molecule is CC(=O)[C@H](O[Si](C)(C)C(C)(C)C)[C@@H](O)[C@H](C)OCc1ccccc1. The lowest BCUT2D eigenvalue weighted by molar-refractivity contribution is -0.137. The summed E-state index contributed by atoms with van der Waals surface area (Å²) in [7, 11) is -2.16. The van der Waals surface area contributed by atoms with Crippen LogP contribution in [0.4, 0.5) is 0 Å². The number of rotatable bonds is 8. The maximum Gasteiger partial charge on any atom is 0.193 e. The van der Waals surface area contributed by atoms with Crippen molar-refractivity contribution in [3.63, 3.8) is 0 Å². The molecule has 0 unspecified atom stereocenters. The Kier molecular flexibility index (Phi) is 7.35. The number of hydrogen-bond acceptors (Lipinski definition) is 4. The first kappa shape index (κ1) is 21.0. The number of hydrogen-bond donors (Lipinski definition) is 1. The van der Waals surface area contributed by atoms with Gasteiger partial charge in [0.2, 0.25) is 0 Å². The van der Waals surface area contributed by atoms with Gasteiger partial charge in [0.25, 0.3) is 0 Å². The van der Waals surface area contributed by atoms with E-state index >= 15 is 0 Å². The van der Waals surface area contributed by atoms with Crippen LogP contribution in [0.5, 0.6) is 0 Å². The molecule has 4 nitrogen and oxygen atoms in total. The molecular formula is C19H32O4Si. The van der Waals surface area contributed by atoms with Crippen LogP contribution in [0.15, 0.2) is 30.3 Å². The molecule has 0 fully saturated rings. The summed E-state index contributed by atoms with van der Waals surface area (Å²) >= 11 is 0. The van der Waals surface area contributed by atoms with E-state index < -0.39 is 26.6 Å². The van der Waals surface area contributed by atoms with Crippen molar-refractivity contribution in [3.05, 3.63) is 35.9 Å². The van der Waals surface area contributed by atoms with Gasteiger partial charge in [-0.2, -0.15) is 0 Å². The monoisotopic (exact) mass is 352 g/mol. The molecule has 1 aromatic carbocycles. The number of ether oxygens (including phenoxy) is 1. The highest BCUT2D eigenvalue weighted by Gasteiger charge is 2.42. The number of benzene rings is 1. The minimum atomic E-state index is -2.16. The van der Waals surface area contributed by atoms with E-state index in [0.29, 0.717) is 6.61 Å². The van der Waals surface area contributed by atoms with Crippen LogP contribution >= 0.6 is 0 Å². The lowest BCUT2D eigenvalue weighted by Crippen LogP contribution is -2.52. The Balaban J connectivity index is 2.75. The molecular weight excluding hydrogens is 320 g/mol. The van der Waals surface area contributed by atoms with Gasteiger partial charge in [-0.25, -0.2) is 0 Å². The predicted molar refractivity (Wildman–Crippen MR) is 99.5 cm³/mol. The average molecular weight is 353 g/mol. The maximum atomic E-state index is 12.1. The third kappa shape index (κ3) is 5.81. The van der Waals surface area contributed by atoms with Crippen molar-refractivity contribution in [2.75, 3.05) is 0 Å². The molecule has 24 heavy (non-hydrogen) atoms. The number of carbonyl (C=O) groups excluding carboxylic acids is 1. The summed E-state index contributed by atoms with van der Waals surface area (Å²) in [5, 5.41) is 10.6. The van der Waals surface area contributed by atoms with Gasteiger partial charge in [-0.3, -0.25) is 4.79 Å². The Labute approximate surface area is 147 Å². The van der Waals surface area contributed by atoms with Crippen LogP contribution in [-0.2, 0) is 20.6 Å². The summed E-state index contributed by atoms with van der Waals surface area (Å²) < 4.78 is 11.9. The van der Waals surface area contributed by atoms with Crippen molar-refractivity contribution in [3.8, 4) is 0 Å². The van der Waals surface area contributed by atoms with E-state index in [1.807, 2.05) is 30.3 Å². The normalized spacial score (nSPS) is 16.5. The smallest absolute Gasteiger partial charge is 0.193 e.